The number of nitrogens with zero attached hydrogens (tertiary/aromatic N) is 4. The molecule has 3 aromatic heterocycles. The number of methoxy groups -OCH3 is 1. The van der Waals surface area contributed by atoms with Crippen LogP contribution >= 0.6 is 0 Å². The average Bonchev–Trinajstić information content (AvgIpc) is 3.12. The number of carbonyl (C=O) groups is 1. The van der Waals surface area contributed by atoms with Crippen LogP contribution in [0.25, 0.3) is 28.3 Å². The number of fused-ring (bicyclic) bond motifs is 1. The smallest absolute Gasteiger partial charge is 0.341 e. The van der Waals surface area contributed by atoms with Crippen LogP contribution in [0.5, 0.6) is 0 Å². The summed E-state index contributed by atoms with van der Waals surface area (Å²) in [6.45, 7) is 0. The predicted octanol–water partition coefficient (Wildman–Crippen LogP) is 3.38. The highest BCUT2D eigenvalue weighted by Gasteiger charge is 2.19. The quantitative estimate of drug-likeness (QED) is 0.531. The molecular formula is C19H13FN4O2. The molecular weight excluding hydrogens is 335 g/mol. The third-order valence-electron chi connectivity index (χ3n) is 3.98. The first-order valence-electron chi connectivity index (χ1n) is 7.82. The Bertz CT molecular complexity index is 1110. The van der Waals surface area contributed by atoms with Gasteiger partial charge in [0.15, 0.2) is 11.5 Å². The van der Waals surface area contributed by atoms with Gasteiger partial charge in [-0.1, -0.05) is 12.1 Å². The molecule has 0 fully saturated rings. The topological polar surface area (TPSA) is 69.4 Å². The first-order chi connectivity index (χ1) is 12.7. The van der Waals surface area contributed by atoms with Crippen LogP contribution in [0.3, 0.4) is 0 Å². The van der Waals surface area contributed by atoms with Crippen LogP contribution in [0.4, 0.5) is 4.39 Å². The molecule has 0 radical (unpaired) electrons. The van der Waals surface area contributed by atoms with E-state index >= 15 is 0 Å². The van der Waals surface area contributed by atoms with Gasteiger partial charge in [0.2, 0.25) is 0 Å². The van der Waals surface area contributed by atoms with E-state index in [1.807, 2.05) is 12.1 Å². The molecule has 0 aliphatic carbocycles. The zero-order valence-corrected chi connectivity index (χ0v) is 13.8. The summed E-state index contributed by atoms with van der Waals surface area (Å²) in [5.41, 5.74) is 2.34. The molecule has 0 spiro atoms. The first-order valence-corrected chi connectivity index (χ1v) is 7.82. The van der Waals surface area contributed by atoms with Gasteiger partial charge in [-0.05, 0) is 36.4 Å². The third kappa shape index (κ3) is 2.59. The standard InChI is InChI=1S/C19H13FN4O2/c1-26-19(25)14-6-7-16(12-8-10-21-11-9-12)24-18(14)22-17(23-24)13-4-2-3-5-15(13)20/h2-11H,1H3. The molecule has 0 N–H and O–H groups in total. The molecule has 6 nitrogen and oxygen atoms in total. The minimum absolute atomic E-state index is 0.190. The van der Waals surface area contributed by atoms with Crippen molar-refractivity contribution in [3.63, 3.8) is 0 Å². The van der Waals surface area contributed by atoms with E-state index in [1.165, 1.54) is 17.7 Å². The van der Waals surface area contributed by atoms with Gasteiger partial charge in [-0.25, -0.2) is 18.7 Å². The molecule has 26 heavy (non-hydrogen) atoms. The Morgan fingerprint density at radius 1 is 1.08 bits per heavy atom. The second-order valence-electron chi connectivity index (χ2n) is 5.51. The summed E-state index contributed by atoms with van der Waals surface area (Å²) in [7, 11) is 1.30. The Hall–Kier alpha value is -3.61. The number of halogens is 1. The van der Waals surface area contributed by atoms with Crippen molar-refractivity contribution in [1.29, 1.82) is 0 Å². The van der Waals surface area contributed by atoms with E-state index in [0.29, 0.717) is 11.3 Å². The Balaban J connectivity index is 2.01. The van der Waals surface area contributed by atoms with Gasteiger partial charge < -0.3 is 4.74 Å². The van der Waals surface area contributed by atoms with Crippen LogP contribution in [0.2, 0.25) is 0 Å². The van der Waals surface area contributed by atoms with E-state index in [0.717, 1.165) is 5.56 Å². The second-order valence-corrected chi connectivity index (χ2v) is 5.51. The van der Waals surface area contributed by atoms with Gasteiger partial charge in [0.05, 0.1) is 18.4 Å². The van der Waals surface area contributed by atoms with Gasteiger partial charge in [0, 0.05) is 18.0 Å². The highest BCUT2D eigenvalue weighted by molar-refractivity contribution is 5.96. The van der Waals surface area contributed by atoms with Gasteiger partial charge in [-0.15, -0.1) is 5.10 Å². The highest BCUT2D eigenvalue weighted by Crippen LogP contribution is 2.26. The molecule has 0 amide bonds. The van der Waals surface area contributed by atoms with Crippen molar-refractivity contribution in [3.05, 3.63) is 72.3 Å². The Morgan fingerprint density at radius 3 is 2.58 bits per heavy atom. The Labute approximate surface area is 147 Å². The molecule has 4 aromatic rings. The molecule has 0 unspecified atom stereocenters. The summed E-state index contributed by atoms with van der Waals surface area (Å²) in [4.78, 5) is 20.5. The molecule has 128 valence electrons. The van der Waals surface area contributed by atoms with E-state index in [1.54, 1.807) is 42.7 Å². The SMILES string of the molecule is COC(=O)c1ccc(-c2ccncc2)n2nc(-c3ccccc3F)nc12. The molecule has 1 aromatic carbocycles. The Kier molecular flexibility index (Phi) is 3.89. The van der Waals surface area contributed by atoms with Crippen LogP contribution in [-0.2, 0) is 4.74 Å². The second kappa shape index (κ2) is 6.36. The number of hydrogen-bond acceptors (Lipinski definition) is 5. The van der Waals surface area contributed by atoms with Crippen molar-refractivity contribution in [2.75, 3.05) is 7.11 Å². The fraction of sp³-hybridized carbons (Fsp3) is 0.0526. The molecule has 4 rings (SSSR count). The molecule has 0 aliphatic heterocycles. The molecule has 0 aliphatic rings. The zero-order valence-electron chi connectivity index (χ0n) is 13.8. The van der Waals surface area contributed by atoms with Crippen molar-refractivity contribution >= 4 is 11.6 Å². The lowest BCUT2D eigenvalue weighted by atomic mass is 10.1. The maximum absolute atomic E-state index is 14.2. The minimum Gasteiger partial charge on any atom is -0.465 e. The summed E-state index contributed by atoms with van der Waals surface area (Å²) >= 11 is 0. The average molecular weight is 348 g/mol. The summed E-state index contributed by atoms with van der Waals surface area (Å²) in [5, 5.41) is 4.43. The van der Waals surface area contributed by atoms with Crippen molar-refractivity contribution < 1.29 is 13.9 Å². The number of rotatable bonds is 3. The van der Waals surface area contributed by atoms with Crippen LogP contribution in [0.15, 0.2) is 60.9 Å². The van der Waals surface area contributed by atoms with E-state index in [4.69, 9.17) is 4.74 Å². The van der Waals surface area contributed by atoms with E-state index in [2.05, 4.69) is 15.1 Å². The van der Waals surface area contributed by atoms with Gasteiger partial charge in [-0.2, -0.15) is 0 Å². The largest absolute Gasteiger partial charge is 0.465 e. The maximum atomic E-state index is 14.2. The number of hydrogen-bond donors (Lipinski definition) is 0. The van der Waals surface area contributed by atoms with E-state index < -0.39 is 11.8 Å². The Morgan fingerprint density at radius 2 is 1.85 bits per heavy atom. The van der Waals surface area contributed by atoms with E-state index in [-0.39, 0.29) is 17.0 Å². The van der Waals surface area contributed by atoms with Gasteiger partial charge in [0.25, 0.3) is 0 Å². The third-order valence-corrected chi connectivity index (χ3v) is 3.98. The fourth-order valence-electron chi connectivity index (χ4n) is 2.73. The maximum Gasteiger partial charge on any atom is 0.341 e. The number of aromatic nitrogens is 4. The molecule has 0 atom stereocenters. The lowest BCUT2D eigenvalue weighted by Crippen LogP contribution is -2.06. The lowest BCUT2D eigenvalue weighted by Gasteiger charge is -2.06. The van der Waals surface area contributed by atoms with Crippen molar-refractivity contribution in [2.24, 2.45) is 0 Å². The van der Waals surface area contributed by atoms with Gasteiger partial charge in [0.1, 0.15) is 11.4 Å². The lowest BCUT2D eigenvalue weighted by molar-refractivity contribution is 0.0602. The first kappa shape index (κ1) is 15.9. The fourth-order valence-corrected chi connectivity index (χ4v) is 2.73. The predicted molar refractivity (Wildman–Crippen MR) is 93.0 cm³/mol. The number of ether oxygens (including phenoxy) is 1. The number of carbonyl (C=O) groups excluding carboxylic acids is 1. The molecule has 0 bridgehead atoms. The summed E-state index contributed by atoms with van der Waals surface area (Å²) in [6, 6.07) is 13.2. The zero-order chi connectivity index (χ0) is 18.1. The van der Waals surface area contributed by atoms with Crippen molar-refractivity contribution in [1.82, 2.24) is 19.6 Å². The summed E-state index contributed by atoms with van der Waals surface area (Å²) in [5.74, 6) is -0.785. The van der Waals surface area contributed by atoms with E-state index in [9.17, 15) is 9.18 Å². The van der Waals surface area contributed by atoms with Crippen molar-refractivity contribution in [2.45, 2.75) is 0 Å². The van der Waals surface area contributed by atoms with Crippen LogP contribution in [0.1, 0.15) is 10.4 Å². The van der Waals surface area contributed by atoms with Crippen LogP contribution < -0.4 is 0 Å². The normalized spacial score (nSPS) is 10.8. The molecule has 7 heteroatoms. The summed E-state index contributed by atoms with van der Waals surface area (Å²) in [6.07, 6.45) is 3.31. The van der Waals surface area contributed by atoms with Gasteiger partial charge >= 0.3 is 5.97 Å². The van der Waals surface area contributed by atoms with Crippen molar-refractivity contribution in [3.8, 4) is 22.6 Å². The van der Waals surface area contributed by atoms with Crippen LogP contribution in [-0.4, -0.2) is 32.7 Å². The monoisotopic (exact) mass is 348 g/mol. The minimum atomic E-state index is -0.538. The van der Waals surface area contributed by atoms with Gasteiger partial charge in [-0.3, -0.25) is 4.98 Å². The summed E-state index contributed by atoms with van der Waals surface area (Å²) < 4.78 is 20.5. The number of esters is 1. The number of pyridine rings is 2. The molecule has 3 heterocycles. The van der Waals surface area contributed by atoms with Crippen LogP contribution in [0, 0.1) is 5.82 Å². The highest BCUT2D eigenvalue weighted by atomic mass is 19.1. The molecule has 0 saturated heterocycles. The molecule has 0 saturated carbocycles. The number of benzene rings is 1.